The van der Waals surface area contributed by atoms with E-state index in [1.54, 1.807) is 0 Å². The summed E-state index contributed by atoms with van der Waals surface area (Å²) >= 11 is 6.18. The van der Waals surface area contributed by atoms with Crippen LogP contribution in [0.1, 0.15) is 24.8 Å². The van der Waals surface area contributed by atoms with E-state index >= 15 is 0 Å². The molecule has 18 heavy (non-hydrogen) atoms. The Kier molecular flexibility index (Phi) is 3.68. The molecule has 1 saturated carbocycles. The molecule has 0 radical (unpaired) electrons. The molecular formula is C13H17ClN2O2. The van der Waals surface area contributed by atoms with Gasteiger partial charge in [0.05, 0.1) is 13.2 Å². The van der Waals surface area contributed by atoms with Gasteiger partial charge in [-0.25, -0.2) is 4.98 Å². The fourth-order valence-electron chi connectivity index (χ4n) is 1.96. The van der Waals surface area contributed by atoms with Crippen LogP contribution in [0, 0.1) is 0 Å². The minimum atomic E-state index is 0.0884. The minimum Gasteiger partial charge on any atom is -0.471 e. The first-order valence-electron chi connectivity index (χ1n) is 6.43. The van der Waals surface area contributed by atoms with E-state index in [4.69, 9.17) is 21.1 Å². The van der Waals surface area contributed by atoms with Crippen molar-refractivity contribution in [2.75, 3.05) is 13.2 Å². The topological polar surface area (TPSA) is 43.4 Å². The Morgan fingerprint density at radius 1 is 1.44 bits per heavy atom. The van der Waals surface area contributed by atoms with Crippen LogP contribution >= 0.6 is 11.6 Å². The lowest BCUT2D eigenvalue weighted by Gasteiger charge is -2.12. The summed E-state index contributed by atoms with van der Waals surface area (Å²) in [6.07, 6.45) is 5.38. The number of nitrogens with one attached hydrogen (secondary N) is 1. The smallest absolute Gasteiger partial charge is 0.232 e. The van der Waals surface area contributed by atoms with Crippen molar-refractivity contribution in [3.8, 4) is 5.88 Å². The van der Waals surface area contributed by atoms with Crippen molar-refractivity contribution >= 4 is 11.6 Å². The van der Waals surface area contributed by atoms with Gasteiger partial charge in [0.15, 0.2) is 0 Å². The molecule has 1 aliphatic heterocycles. The van der Waals surface area contributed by atoms with E-state index in [0.29, 0.717) is 23.6 Å². The molecule has 1 N–H and O–H groups in total. The highest BCUT2D eigenvalue weighted by molar-refractivity contribution is 6.31. The molecule has 1 aromatic heterocycles. The molecule has 0 aromatic carbocycles. The first-order chi connectivity index (χ1) is 8.81. The molecule has 2 aliphatic rings. The molecule has 4 nitrogen and oxygen atoms in total. The molecule has 1 saturated heterocycles. The molecule has 2 fully saturated rings. The second kappa shape index (κ2) is 5.43. The Morgan fingerprint density at radius 2 is 2.33 bits per heavy atom. The van der Waals surface area contributed by atoms with Crippen LogP contribution in [0.5, 0.6) is 5.88 Å². The SMILES string of the molecule is Clc1cc(CNC2CC2)cnc1OC1CCOC1. The maximum atomic E-state index is 6.18. The number of ether oxygens (including phenoxy) is 2. The largest absolute Gasteiger partial charge is 0.471 e. The van der Waals surface area contributed by atoms with Crippen LogP contribution in [0.2, 0.25) is 5.02 Å². The van der Waals surface area contributed by atoms with Gasteiger partial charge < -0.3 is 14.8 Å². The number of hydrogen-bond donors (Lipinski definition) is 1. The van der Waals surface area contributed by atoms with Crippen molar-refractivity contribution in [3.05, 3.63) is 22.8 Å². The number of rotatable bonds is 5. The van der Waals surface area contributed by atoms with E-state index in [-0.39, 0.29) is 6.10 Å². The van der Waals surface area contributed by atoms with Gasteiger partial charge in [0.25, 0.3) is 0 Å². The average Bonchev–Trinajstić information content (AvgIpc) is 3.06. The molecule has 1 aliphatic carbocycles. The zero-order valence-corrected chi connectivity index (χ0v) is 10.9. The van der Waals surface area contributed by atoms with E-state index in [2.05, 4.69) is 10.3 Å². The monoisotopic (exact) mass is 268 g/mol. The van der Waals surface area contributed by atoms with E-state index in [1.807, 2.05) is 12.3 Å². The molecule has 0 bridgehead atoms. The van der Waals surface area contributed by atoms with E-state index < -0.39 is 0 Å². The van der Waals surface area contributed by atoms with Crippen molar-refractivity contribution in [2.45, 2.75) is 38.0 Å². The third-order valence-electron chi connectivity index (χ3n) is 3.20. The molecule has 2 heterocycles. The van der Waals surface area contributed by atoms with E-state index in [1.165, 1.54) is 12.8 Å². The molecule has 1 aromatic rings. The fourth-order valence-corrected chi connectivity index (χ4v) is 2.20. The summed E-state index contributed by atoms with van der Waals surface area (Å²) in [6, 6.07) is 2.62. The van der Waals surface area contributed by atoms with Gasteiger partial charge in [-0.1, -0.05) is 11.6 Å². The molecule has 5 heteroatoms. The predicted molar refractivity (Wildman–Crippen MR) is 69.0 cm³/mol. The lowest BCUT2D eigenvalue weighted by molar-refractivity contribution is 0.138. The molecule has 0 spiro atoms. The third kappa shape index (κ3) is 3.13. The first kappa shape index (κ1) is 12.2. The summed E-state index contributed by atoms with van der Waals surface area (Å²) < 4.78 is 11.0. The minimum absolute atomic E-state index is 0.0884. The molecule has 0 amide bonds. The second-order valence-electron chi connectivity index (χ2n) is 4.89. The van der Waals surface area contributed by atoms with Crippen LogP contribution < -0.4 is 10.1 Å². The summed E-state index contributed by atoms with van der Waals surface area (Å²) in [4.78, 5) is 4.29. The summed E-state index contributed by atoms with van der Waals surface area (Å²) in [6.45, 7) is 2.21. The summed E-state index contributed by atoms with van der Waals surface area (Å²) in [5.74, 6) is 0.516. The van der Waals surface area contributed by atoms with Crippen LogP contribution in [-0.4, -0.2) is 30.3 Å². The average molecular weight is 269 g/mol. The van der Waals surface area contributed by atoms with E-state index in [9.17, 15) is 0 Å². The van der Waals surface area contributed by atoms with Crippen molar-refractivity contribution in [1.82, 2.24) is 10.3 Å². The van der Waals surface area contributed by atoms with Crippen LogP contribution in [0.4, 0.5) is 0 Å². The Bertz CT molecular complexity index is 417. The number of nitrogens with zero attached hydrogens (tertiary/aromatic N) is 1. The van der Waals surface area contributed by atoms with Gasteiger partial charge in [-0.15, -0.1) is 0 Å². The number of pyridine rings is 1. The van der Waals surface area contributed by atoms with Crippen LogP contribution in [0.25, 0.3) is 0 Å². The standard InChI is InChI=1S/C13H17ClN2O2/c14-12-5-9(6-15-10-1-2-10)7-16-13(12)18-11-3-4-17-8-11/h5,7,10-11,15H,1-4,6,8H2. The summed E-state index contributed by atoms with van der Waals surface area (Å²) in [5, 5.41) is 4.01. The first-order valence-corrected chi connectivity index (χ1v) is 6.81. The van der Waals surface area contributed by atoms with Gasteiger partial charge in [0.1, 0.15) is 11.1 Å². The predicted octanol–water partition coefficient (Wildman–Crippen LogP) is 2.15. The van der Waals surface area contributed by atoms with Gasteiger partial charge in [-0.2, -0.15) is 0 Å². The van der Waals surface area contributed by atoms with Crippen molar-refractivity contribution in [1.29, 1.82) is 0 Å². The van der Waals surface area contributed by atoms with Crippen LogP contribution in [0.3, 0.4) is 0 Å². The van der Waals surface area contributed by atoms with Crippen molar-refractivity contribution in [2.24, 2.45) is 0 Å². The maximum Gasteiger partial charge on any atom is 0.232 e. The normalized spacial score (nSPS) is 23.3. The Morgan fingerprint density at radius 3 is 3.00 bits per heavy atom. The lowest BCUT2D eigenvalue weighted by atomic mass is 10.3. The van der Waals surface area contributed by atoms with Gasteiger partial charge in [-0.05, 0) is 24.5 Å². The van der Waals surface area contributed by atoms with Crippen molar-refractivity contribution < 1.29 is 9.47 Å². The lowest BCUT2D eigenvalue weighted by Crippen LogP contribution is -2.18. The highest BCUT2D eigenvalue weighted by Crippen LogP contribution is 2.25. The maximum absolute atomic E-state index is 6.18. The highest BCUT2D eigenvalue weighted by Gasteiger charge is 2.21. The van der Waals surface area contributed by atoms with Crippen LogP contribution in [0.15, 0.2) is 12.3 Å². The fraction of sp³-hybridized carbons (Fsp3) is 0.615. The van der Waals surface area contributed by atoms with Crippen LogP contribution in [-0.2, 0) is 11.3 Å². The third-order valence-corrected chi connectivity index (χ3v) is 3.47. The molecule has 1 unspecified atom stereocenters. The zero-order chi connectivity index (χ0) is 12.4. The van der Waals surface area contributed by atoms with E-state index in [0.717, 1.165) is 25.1 Å². The zero-order valence-electron chi connectivity index (χ0n) is 10.2. The molecular weight excluding hydrogens is 252 g/mol. The quantitative estimate of drug-likeness (QED) is 0.889. The Labute approximate surface area is 112 Å². The van der Waals surface area contributed by atoms with Gasteiger partial charge in [-0.3, -0.25) is 0 Å². The summed E-state index contributed by atoms with van der Waals surface area (Å²) in [7, 11) is 0. The van der Waals surface area contributed by atoms with Gasteiger partial charge >= 0.3 is 0 Å². The second-order valence-corrected chi connectivity index (χ2v) is 5.30. The van der Waals surface area contributed by atoms with Crippen molar-refractivity contribution in [3.63, 3.8) is 0 Å². The number of hydrogen-bond acceptors (Lipinski definition) is 4. The number of halogens is 1. The van der Waals surface area contributed by atoms with Gasteiger partial charge in [0, 0.05) is 25.2 Å². The molecule has 1 atom stereocenters. The van der Waals surface area contributed by atoms with Gasteiger partial charge in [0.2, 0.25) is 5.88 Å². The molecule has 3 rings (SSSR count). The Hall–Kier alpha value is -0.840. The summed E-state index contributed by atoms with van der Waals surface area (Å²) in [5.41, 5.74) is 1.10. The Balaban J connectivity index is 1.60. The highest BCUT2D eigenvalue weighted by atomic mass is 35.5. The number of aromatic nitrogens is 1. The molecule has 98 valence electrons.